The average Bonchev–Trinajstić information content (AvgIpc) is 2.49. The van der Waals surface area contributed by atoms with Crippen LogP contribution in [0.2, 0.25) is 0 Å². The highest BCUT2D eigenvalue weighted by molar-refractivity contribution is 5.27. The van der Waals surface area contributed by atoms with E-state index in [1.165, 1.54) is 24.0 Å². The number of rotatable bonds is 3. The summed E-state index contributed by atoms with van der Waals surface area (Å²) in [6.07, 6.45) is 3.92. The van der Waals surface area contributed by atoms with Gasteiger partial charge in [0.2, 0.25) is 0 Å². The number of ether oxygens (including phenoxy) is 1. The van der Waals surface area contributed by atoms with E-state index in [1.807, 2.05) is 0 Å². The highest BCUT2D eigenvalue weighted by Crippen LogP contribution is 2.26. The van der Waals surface area contributed by atoms with E-state index in [0.717, 1.165) is 45.1 Å². The molecule has 3 heteroatoms. The molecule has 1 aromatic carbocycles. The molecule has 0 aromatic heterocycles. The molecule has 19 heavy (non-hydrogen) atoms. The molecular formula is C16H24N2O. The maximum Gasteiger partial charge on any atom is 0.0740 e. The van der Waals surface area contributed by atoms with Gasteiger partial charge in [-0.3, -0.25) is 0 Å². The fourth-order valence-electron chi connectivity index (χ4n) is 3.14. The second-order valence-corrected chi connectivity index (χ2v) is 5.67. The number of hydrogen-bond donors (Lipinski definition) is 2. The topological polar surface area (TPSA) is 33.3 Å². The monoisotopic (exact) mass is 260 g/mol. The Balaban J connectivity index is 1.64. The van der Waals surface area contributed by atoms with Crippen LogP contribution >= 0.6 is 0 Å². The van der Waals surface area contributed by atoms with E-state index in [1.54, 1.807) is 0 Å². The van der Waals surface area contributed by atoms with Crippen LogP contribution in [0.15, 0.2) is 24.3 Å². The molecule has 0 aliphatic carbocycles. The molecule has 3 nitrogen and oxygen atoms in total. The number of piperidine rings is 1. The van der Waals surface area contributed by atoms with Crippen LogP contribution in [0.1, 0.15) is 29.9 Å². The second kappa shape index (κ2) is 6.51. The number of hydrogen-bond acceptors (Lipinski definition) is 3. The smallest absolute Gasteiger partial charge is 0.0740 e. The summed E-state index contributed by atoms with van der Waals surface area (Å²) in [5.41, 5.74) is 2.94. The standard InChI is InChI=1S/C16H24N2O/c1-2-13(11-16-12-18-8-9-19-16)10-15(3-1)14-4-6-17-7-5-14/h1-3,10,14,16-18H,4-9,11-12H2. The molecule has 3 rings (SSSR count). The fourth-order valence-corrected chi connectivity index (χ4v) is 3.14. The van der Waals surface area contributed by atoms with Gasteiger partial charge in [-0.15, -0.1) is 0 Å². The van der Waals surface area contributed by atoms with Crippen molar-refractivity contribution in [3.63, 3.8) is 0 Å². The van der Waals surface area contributed by atoms with Gasteiger partial charge in [0.1, 0.15) is 0 Å². The Bertz CT molecular complexity index is 395. The molecule has 2 fully saturated rings. The van der Waals surface area contributed by atoms with Crippen molar-refractivity contribution in [3.05, 3.63) is 35.4 Å². The van der Waals surface area contributed by atoms with E-state index < -0.39 is 0 Å². The first-order valence-electron chi connectivity index (χ1n) is 7.54. The zero-order valence-corrected chi connectivity index (χ0v) is 11.5. The molecule has 0 radical (unpaired) electrons. The molecule has 2 aliphatic heterocycles. The summed E-state index contributed by atoms with van der Waals surface area (Å²) in [4.78, 5) is 0. The van der Waals surface area contributed by atoms with Gasteiger partial charge in [-0.2, -0.15) is 0 Å². The third-order valence-corrected chi connectivity index (χ3v) is 4.23. The molecule has 0 spiro atoms. The highest BCUT2D eigenvalue weighted by atomic mass is 16.5. The maximum absolute atomic E-state index is 5.79. The van der Waals surface area contributed by atoms with Gasteiger partial charge in [0, 0.05) is 13.1 Å². The van der Waals surface area contributed by atoms with Gasteiger partial charge in [0.15, 0.2) is 0 Å². The van der Waals surface area contributed by atoms with Gasteiger partial charge < -0.3 is 15.4 Å². The first kappa shape index (κ1) is 13.1. The Morgan fingerprint density at radius 1 is 1.11 bits per heavy atom. The molecule has 1 unspecified atom stereocenters. The van der Waals surface area contributed by atoms with Crippen LogP contribution < -0.4 is 10.6 Å². The van der Waals surface area contributed by atoms with Crippen molar-refractivity contribution in [2.75, 3.05) is 32.8 Å². The second-order valence-electron chi connectivity index (χ2n) is 5.67. The Labute approximate surface area is 115 Å². The number of morpholine rings is 1. The summed E-state index contributed by atoms with van der Waals surface area (Å²) in [5.74, 6) is 0.742. The lowest BCUT2D eigenvalue weighted by Crippen LogP contribution is -2.39. The molecule has 0 amide bonds. The summed E-state index contributed by atoms with van der Waals surface area (Å²) in [6, 6.07) is 9.14. The Hall–Kier alpha value is -0.900. The van der Waals surface area contributed by atoms with Crippen molar-refractivity contribution < 1.29 is 4.74 Å². The zero-order chi connectivity index (χ0) is 12.9. The minimum Gasteiger partial charge on any atom is -0.375 e. The van der Waals surface area contributed by atoms with E-state index >= 15 is 0 Å². The maximum atomic E-state index is 5.79. The quantitative estimate of drug-likeness (QED) is 0.867. The van der Waals surface area contributed by atoms with E-state index in [0.29, 0.717) is 6.10 Å². The van der Waals surface area contributed by atoms with E-state index in [4.69, 9.17) is 4.74 Å². The predicted octanol–water partition coefficient (Wildman–Crippen LogP) is 1.68. The van der Waals surface area contributed by atoms with Crippen LogP contribution in [-0.2, 0) is 11.2 Å². The first-order chi connectivity index (χ1) is 9.42. The lowest BCUT2D eigenvalue weighted by molar-refractivity contribution is 0.0292. The van der Waals surface area contributed by atoms with Gasteiger partial charge in [-0.25, -0.2) is 0 Å². The number of benzene rings is 1. The van der Waals surface area contributed by atoms with Gasteiger partial charge >= 0.3 is 0 Å². The van der Waals surface area contributed by atoms with Crippen molar-refractivity contribution in [1.82, 2.24) is 10.6 Å². The Kier molecular flexibility index (Phi) is 4.49. The van der Waals surface area contributed by atoms with Crippen molar-refractivity contribution >= 4 is 0 Å². The summed E-state index contributed by atoms with van der Waals surface area (Å²) < 4.78 is 5.79. The molecule has 0 bridgehead atoms. The highest BCUT2D eigenvalue weighted by Gasteiger charge is 2.17. The largest absolute Gasteiger partial charge is 0.375 e. The third-order valence-electron chi connectivity index (χ3n) is 4.23. The van der Waals surface area contributed by atoms with Crippen LogP contribution in [0.4, 0.5) is 0 Å². The average molecular weight is 260 g/mol. The lowest BCUT2D eigenvalue weighted by atomic mass is 9.89. The number of nitrogens with one attached hydrogen (secondary N) is 2. The molecule has 2 heterocycles. The van der Waals surface area contributed by atoms with Crippen LogP contribution in [0.3, 0.4) is 0 Å². The molecule has 1 atom stereocenters. The normalized spacial score (nSPS) is 25.4. The Morgan fingerprint density at radius 3 is 2.79 bits per heavy atom. The van der Waals surface area contributed by atoms with E-state index in [9.17, 15) is 0 Å². The minimum atomic E-state index is 0.344. The first-order valence-corrected chi connectivity index (χ1v) is 7.54. The van der Waals surface area contributed by atoms with Crippen molar-refractivity contribution in [2.45, 2.75) is 31.3 Å². The summed E-state index contributed by atoms with van der Waals surface area (Å²) in [5, 5.41) is 6.84. The minimum absolute atomic E-state index is 0.344. The fraction of sp³-hybridized carbons (Fsp3) is 0.625. The van der Waals surface area contributed by atoms with Crippen LogP contribution in [0, 0.1) is 0 Å². The van der Waals surface area contributed by atoms with Crippen LogP contribution in [0.5, 0.6) is 0 Å². The van der Waals surface area contributed by atoms with Gasteiger partial charge in [0.25, 0.3) is 0 Å². The molecule has 104 valence electrons. The van der Waals surface area contributed by atoms with Gasteiger partial charge in [-0.05, 0) is 49.4 Å². The van der Waals surface area contributed by atoms with Crippen LogP contribution in [0.25, 0.3) is 0 Å². The molecule has 0 saturated carbocycles. The predicted molar refractivity (Wildman–Crippen MR) is 77.6 cm³/mol. The van der Waals surface area contributed by atoms with E-state index in [-0.39, 0.29) is 0 Å². The molecular weight excluding hydrogens is 236 g/mol. The molecule has 2 N–H and O–H groups in total. The van der Waals surface area contributed by atoms with Crippen LogP contribution in [-0.4, -0.2) is 38.9 Å². The molecule has 2 saturated heterocycles. The van der Waals surface area contributed by atoms with Crippen molar-refractivity contribution in [2.24, 2.45) is 0 Å². The summed E-state index contributed by atoms with van der Waals surface area (Å²) in [7, 11) is 0. The molecule has 2 aliphatic rings. The van der Waals surface area contributed by atoms with E-state index in [2.05, 4.69) is 34.9 Å². The summed E-state index contributed by atoms with van der Waals surface area (Å²) >= 11 is 0. The third kappa shape index (κ3) is 3.56. The van der Waals surface area contributed by atoms with Crippen molar-refractivity contribution in [3.8, 4) is 0 Å². The van der Waals surface area contributed by atoms with Gasteiger partial charge in [0.05, 0.1) is 12.7 Å². The Morgan fingerprint density at radius 2 is 2.00 bits per heavy atom. The lowest BCUT2D eigenvalue weighted by Gasteiger charge is -2.25. The summed E-state index contributed by atoms with van der Waals surface area (Å²) in [6.45, 7) is 5.14. The van der Waals surface area contributed by atoms with Gasteiger partial charge in [-0.1, -0.05) is 24.3 Å². The molecule has 1 aromatic rings. The zero-order valence-electron chi connectivity index (χ0n) is 11.5. The SMILES string of the molecule is c1cc(CC2CNCCO2)cc(C2CCNCC2)c1. The van der Waals surface area contributed by atoms with Crippen molar-refractivity contribution in [1.29, 1.82) is 0 Å².